The number of carbonyl (C=O) groups excluding carboxylic acids is 1. The lowest BCUT2D eigenvalue weighted by atomic mass is 10.0. The summed E-state index contributed by atoms with van der Waals surface area (Å²) in [7, 11) is 0. The molecule has 1 heterocycles. The van der Waals surface area contributed by atoms with Crippen LogP contribution in [0.25, 0.3) is 0 Å². The molecule has 0 fully saturated rings. The van der Waals surface area contributed by atoms with E-state index in [1.165, 1.54) is 0 Å². The average Bonchev–Trinajstić information content (AvgIpc) is 2.37. The van der Waals surface area contributed by atoms with Crippen molar-refractivity contribution in [2.24, 2.45) is 5.92 Å². The van der Waals surface area contributed by atoms with Gasteiger partial charge in [0.05, 0.1) is 10.5 Å². The van der Waals surface area contributed by atoms with Gasteiger partial charge in [0, 0.05) is 12.1 Å². The van der Waals surface area contributed by atoms with Crippen LogP contribution in [0, 0.1) is 16.0 Å². The van der Waals surface area contributed by atoms with E-state index in [4.69, 9.17) is 5.73 Å². The van der Waals surface area contributed by atoms with Gasteiger partial charge in [0.1, 0.15) is 12.0 Å². The molecule has 0 aliphatic heterocycles. The van der Waals surface area contributed by atoms with Gasteiger partial charge in [0.15, 0.2) is 0 Å². The van der Waals surface area contributed by atoms with Crippen molar-refractivity contribution in [3.8, 4) is 0 Å². The first-order valence-corrected chi connectivity index (χ1v) is 6.07. The van der Waals surface area contributed by atoms with Crippen LogP contribution in [0.5, 0.6) is 0 Å². The largest absolute Gasteiger partial charge is 0.383 e. The number of nitrogens with two attached hydrogens (primary N) is 1. The smallest absolute Gasteiger partial charge is 0.288 e. The number of nitrogens with one attached hydrogen (secondary N) is 1. The molecule has 3 N–H and O–H groups in total. The van der Waals surface area contributed by atoms with Crippen molar-refractivity contribution in [2.45, 2.75) is 33.2 Å². The molecule has 0 saturated heterocycles. The van der Waals surface area contributed by atoms with Crippen molar-refractivity contribution < 1.29 is 9.72 Å². The van der Waals surface area contributed by atoms with Crippen molar-refractivity contribution >= 4 is 17.4 Å². The molecule has 0 spiro atoms. The van der Waals surface area contributed by atoms with Gasteiger partial charge < -0.3 is 11.1 Å². The Hall–Kier alpha value is -2.18. The highest BCUT2D eigenvalue weighted by Gasteiger charge is 2.19. The number of pyridine rings is 1. The highest BCUT2D eigenvalue weighted by molar-refractivity contribution is 5.99. The van der Waals surface area contributed by atoms with Crippen molar-refractivity contribution in [2.75, 3.05) is 5.73 Å². The molecule has 2 unspecified atom stereocenters. The minimum atomic E-state index is -0.610. The molecule has 0 aromatic carbocycles. The SMILES string of the molecule is CCC(C)C(C)NC(=O)c1cc([N+](=O)[O-])cnc1N. The summed E-state index contributed by atoms with van der Waals surface area (Å²) in [5, 5.41) is 13.4. The fourth-order valence-electron chi connectivity index (χ4n) is 1.53. The van der Waals surface area contributed by atoms with E-state index in [0.29, 0.717) is 5.92 Å². The Morgan fingerprint density at radius 3 is 2.74 bits per heavy atom. The summed E-state index contributed by atoms with van der Waals surface area (Å²) in [6.45, 7) is 5.92. The second-order valence-corrected chi connectivity index (χ2v) is 4.53. The zero-order valence-electron chi connectivity index (χ0n) is 11.2. The number of carbonyl (C=O) groups is 1. The Bertz CT molecular complexity index is 490. The third kappa shape index (κ3) is 3.64. The number of amides is 1. The summed E-state index contributed by atoms with van der Waals surface area (Å²) in [5.41, 5.74) is 5.36. The number of nitro groups is 1. The minimum absolute atomic E-state index is 0.0144. The molecule has 19 heavy (non-hydrogen) atoms. The molecule has 1 aromatic heterocycles. The lowest BCUT2D eigenvalue weighted by Crippen LogP contribution is -2.37. The Morgan fingerprint density at radius 1 is 1.58 bits per heavy atom. The summed E-state index contributed by atoms with van der Waals surface area (Å²) in [5.74, 6) is -0.155. The average molecular weight is 266 g/mol. The Balaban J connectivity index is 2.93. The van der Waals surface area contributed by atoms with Crippen LogP contribution in [0.4, 0.5) is 11.5 Å². The molecule has 0 aliphatic rings. The van der Waals surface area contributed by atoms with E-state index in [1.807, 2.05) is 20.8 Å². The number of nitrogens with zero attached hydrogens (tertiary/aromatic N) is 2. The second kappa shape index (κ2) is 6.12. The van der Waals surface area contributed by atoms with Crippen LogP contribution < -0.4 is 11.1 Å². The summed E-state index contributed by atoms with van der Waals surface area (Å²) < 4.78 is 0. The van der Waals surface area contributed by atoms with Gasteiger partial charge in [-0.25, -0.2) is 4.98 Å². The maximum Gasteiger partial charge on any atom is 0.288 e. The Morgan fingerprint density at radius 2 is 2.21 bits per heavy atom. The van der Waals surface area contributed by atoms with Gasteiger partial charge in [-0.1, -0.05) is 20.3 Å². The summed E-state index contributed by atoms with van der Waals surface area (Å²) in [6.07, 6.45) is 1.95. The fourth-order valence-corrected chi connectivity index (χ4v) is 1.53. The monoisotopic (exact) mass is 266 g/mol. The van der Waals surface area contributed by atoms with Crippen LogP contribution in [-0.4, -0.2) is 21.9 Å². The van der Waals surface area contributed by atoms with Crippen molar-refractivity contribution in [3.05, 3.63) is 27.9 Å². The first-order chi connectivity index (χ1) is 8.86. The van der Waals surface area contributed by atoms with E-state index in [1.54, 1.807) is 0 Å². The highest BCUT2D eigenvalue weighted by atomic mass is 16.6. The number of nitrogen functional groups attached to an aromatic ring is 1. The van der Waals surface area contributed by atoms with Gasteiger partial charge in [-0.05, 0) is 12.8 Å². The first-order valence-electron chi connectivity index (χ1n) is 6.07. The molecule has 1 amide bonds. The van der Waals surface area contributed by atoms with Gasteiger partial charge in [0.2, 0.25) is 0 Å². The molecule has 7 heteroatoms. The molecule has 1 aromatic rings. The van der Waals surface area contributed by atoms with Crippen molar-refractivity contribution in [1.29, 1.82) is 0 Å². The zero-order valence-corrected chi connectivity index (χ0v) is 11.2. The molecule has 0 aliphatic carbocycles. The van der Waals surface area contributed by atoms with Crippen LogP contribution in [0.1, 0.15) is 37.6 Å². The number of hydrogen-bond acceptors (Lipinski definition) is 5. The molecule has 0 bridgehead atoms. The van der Waals surface area contributed by atoms with Crippen LogP contribution in [0.3, 0.4) is 0 Å². The third-order valence-corrected chi connectivity index (χ3v) is 3.22. The quantitative estimate of drug-likeness (QED) is 0.622. The van der Waals surface area contributed by atoms with Crippen LogP contribution in [-0.2, 0) is 0 Å². The second-order valence-electron chi connectivity index (χ2n) is 4.53. The molecule has 2 atom stereocenters. The van der Waals surface area contributed by atoms with Crippen molar-refractivity contribution in [1.82, 2.24) is 10.3 Å². The van der Waals surface area contributed by atoms with Crippen LogP contribution >= 0.6 is 0 Å². The van der Waals surface area contributed by atoms with Crippen molar-refractivity contribution in [3.63, 3.8) is 0 Å². The molecule has 0 radical (unpaired) electrons. The predicted molar refractivity (Wildman–Crippen MR) is 71.7 cm³/mol. The summed E-state index contributed by atoms with van der Waals surface area (Å²) >= 11 is 0. The topological polar surface area (TPSA) is 111 Å². The van der Waals surface area contributed by atoms with Gasteiger partial charge in [-0.2, -0.15) is 0 Å². The van der Waals surface area contributed by atoms with Gasteiger partial charge in [0.25, 0.3) is 11.6 Å². The standard InChI is InChI=1S/C12H18N4O3/c1-4-7(2)8(3)15-12(17)10-5-9(16(18)19)6-14-11(10)13/h5-8H,4H2,1-3H3,(H2,13,14)(H,15,17). The maximum atomic E-state index is 12.0. The lowest BCUT2D eigenvalue weighted by Gasteiger charge is -2.20. The fraction of sp³-hybridized carbons (Fsp3) is 0.500. The van der Waals surface area contributed by atoms with E-state index in [0.717, 1.165) is 18.7 Å². The van der Waals surface area contributed by atoms with Gasteiger partial charge in [-0.3, -0.25) is 14.9 Å². The Labute approximate surface area is 111 Å². The molecular weight excluding hydrogens is 248 g/mol. The highest BCUT2D eigenvalue weighted by Crippen LogP contribution is 2.17. The summed E-state index contributed by atoms with van der Waals surface area (Å²) in [6, 6.07) is 1.09. The van der Waals surface area contributed by atoms with E-state index < -0.39 is 10.8 Å². The Kier molecular flexibility index (Phi) is 4.80. The minimum Gasteiger partial charge on any atom is -0.383 e. The zero-order chi connectivity index (χ0) is 14.6. The molecule has 0 saturated carbocycles. The van der Waals surface area contributed by atoms with E-state index in [9.17, 15) is 14.9 Å². The first kappa shape index (κ1) is 14.9. The lowest BCUT2D eigenvalue weighted by molar-refractivity contribution is -0.385. The molecular formula is C12H18N4O3. The number of anilines is 1. The maximum absolute atomic E-state index is 12.0. The van der Waals surface area contributed by atoms with Gasteiger partial charge >= 0.3 is 0 Å². The van der Waals surface area contributed by atoms with Crippen LogP contribution in [0.15, 0.2) is 12.3 Å². The van der Waals surface area contributed by atoms with Gasteiger partial charge in [-0.15, -0.1) is 0 Å². The third-order valence-electron chi connectivity index (χ3n) is 3.22. The van der Waals surface area contributed by atoms with Crippen LogP contribution in [0.2, 0.25) is 0 Å². The predicted octanol–water partition coefficient (Wildman–Crippen LogP) is 1.74. The number of hydrogen-bond donors (Lipinski definition) is 2. The number of rotatable bonds is 5. The van der Waals surface area contributed by atoms with E-state index >= 15 is 0 Å². The van der Waals surface area contributed by atoms with E-state index in [2.05, 4.69) is 10.3 Å². The molecule has 7 nitrogen and oxygen atoms in total. The molecule has 104 valence electrons. The number of aromatic nitrogens is 1. The van der Waals surface area contributed by atoms with E-state index in [-0.39, 0.29) is 23.1 Å². The molecule has 1 rings (SSSR count). The normalized spacial score (nSPS) is 13.6. The summed E-state index contributed by atoms with van der Waals surface area (Å²) in [4.78, 5) is 25.7.